The molecule has 4 heteroatoms. The molecule has 2 rings (SSSR count). The fourth-order valence-electron chi connectivity index (χ4n) is 2.49. The molecule has 98 valence electrons. The van der Waals surface area contributed by atoms with Gasteiger partial charge in [0, 0.05) is 24.9 Å². The summed E-state index contributed by atoms with van der Waals surface area (Å²) in [7, 11) is 0. The summed E-state index contributed by atoms with van der Waals surface area (Å²) < 4.78 is 0. The minimum Gasteiger partial charge on any atom is -0.336 e. The highest BCUT2D eigenvalue weighted by molar-refractivity contribution is 5.79. The molecular formula is C14H20N2O2. The molecule has 0 spiro atoms. The Morgan fingerprint density at radius 2 is 2.00 bits per heavy atom. The average Bonchev–Trinajstić information content (AvgIpc) is 2.80. The zero-order valence-corrected chi connectivity index (χ0v) is 10.8. The Balaban J connectivity index is 2.08. The van der Waals surface area contributed by atoms with E-state index in [0.717, 1.165) is 5.56 Å². The molecule has 1 aliphatic heterocycles. The Morgan fingerprint density at radius 3 is 2.61 bits per heavy atom. The Morgan fingerprint density at radius 1 is 1.33 bits per heavy atom. The van der Waals surface area contributed by atoms with E-state index in [2.05, 4.69) is 5.48 Å². The summed E-state index contributed by atoms with van der Waals surface area (Å²) in [5.41, 5.74) is 3.40. The Labute approximate surface area is 108 Å². The number of carbonyl (C=O) groups excluding carboxylic acids is 1. The van der Waals surface area contributed by atoms with Crippen molar-refractivity contribution in [1.29, 1.82) is 0 Å². The van der Waals surface area contributed by atoms with Gasteiger partial charge in [-0.3, -0.25) is 4.79 Å². The third-order valence-corrected chi connectivity index (χ3v) is 3.85. The molecule has 0 saturated carbocycles. The molecule has 1 heterocycles. The number of hydrogen-bond donors (Lipinski definition) is 2. The lowest BCUT2D eigenvalue weighted by Crippen LogP contribution is -2.34. The quantitative estimate of drug-likeness (QED) is 0.801. The smallest absolute Gasteiger partial charge is 0.223 e. The maximum atomic E-state index is 12.0. The number of nitrogens with one attached hydrogen (secondary N) is 1. The zero-order chi connectivity index (χ0) is 13.1. The van der Waals surface area contributed by atoms with Crippen molar-refractivity contribution in [2.75, 3.05) is 6.54 Å². The highest BCUT2D eigenvalue weighted by Crippen LogP contribution is 2.29. The van der Waals surface area contributed by atoms with Crippen molar-refractivity contribution in [3.05, 3.63) is 35.9 Å². The lowest BCUT2D eigenvalue weighted by Gasteiger charge is -2.26. The third-order valence-electron chi connectivity index (χ3n) is 3.85. The Hall–Kier alpha value is -1.39. The molecule has 2 N–H and O–H groups in total. The molecule has 3 atom stereocenters. The van der Waals surface area contributed by atoms with Crippen LogP contribution < -0.4 is 5.48 Å². The van der Waals surface area contributed by atoms with Crippen LogP contribution in [0.2, 0.25) is 0 Å². The van der Waals surface area contributed by atoms with E-state index in [1.807, 2.05) is 49.1 Å². The summed E-state index contributed by atoms with van der Waals surface area (Å²) in [6, 6.07) is 10.1. The van der Waals surface area contributed by atoms with Crippen LogP contribution in [0.5, 0.6) is 0 Å². The number of rotatable bonds is 4. The van der Waals surface area contributed by atoms with Crippen LogP contribution in [0, 0.1) is 5.92 Å². The van der Waals surface area contributed by atoms with E-state index in [4.69, 9.17) is 5.21 Å². The number of hydrogen-bond acceptors (Lipinski definition) is 3. The van der Waals surface area contributed by atoms with Crippen LogP contribution in [-0.4, -0.2) is 28.6 Å². The van der Waals surface area contributed by atoms with Gasteiger partial charge in [0.25, 0.3) is 0 Å². The second-order valence-electron chi connectivity index (χ2n) is 5.01. The second-order valence-corrected chi connectivity index (χ2v) is 5.01. The van der Waals surface area contributed by atoms with Gasteiger partial charge in [-0.05, 0) is 19.4 Å². The molecule has 1 amide bonds. The number of benzene rings is 1. The van der Waals surface area contributed by atoms with Crippen molar-refractivity contribution in [3.8, 4) is 0 Å². The first-order valence-electron chi connectivity index (χ1n) is 6.37. The van der Waals surface area contributed by atoms with Gasteiger partial charge in [0.15, 0.2) is 0 Å². The predicted molar refractivity (Wildman–Crippen MR) is 69.1 cm³/mol. The van der Waals surface area contributed by atoms with Crippen molar-refractivity contribution in [1.82, 2.24) is 10.4 Å². The van der Waals surface area contributed by atoms with Gasteiger partial charge in [-0.25, -0.2) is 5.48 Å². The summed E-state index contributed by atoms with van der Waals surface area (Å²) in [6.45, 7) is 4.64. The first-order valence-corrected chi connectivity index (χ1v) is 6.37. The maximum absolute atomic E-state index is 12.0. The Kier molecular flexibility index (Phi) is 3.99. The molecule has 2 unspecified atom stereocenters. The van der Waals surface area contributed by atoms with Crippen molar-refractivity contribution in [3.63, 3.8) is 0 Å². The van der Waals surface area contributed by atoms with Gasteiger partial charge >= 0.3 is 0 Å². The van der Waals surface area contributed by atoms with Gasteiger partial charge in [-0.1, -0.05) is 30.3 Å². The highest BCUT2D eigenvalue weighted by atomic mass is 16.5. The van der Waals surface area contributed by atoms with Crippen molar-refractivity contribution in [2.24, 2.45) is 5.92 Å². The van der Waals surface area contributed by atoms with E-state index in [-0.39, 0.29) is 23.9 Å². The monoisotopic (exact) mass is 248 g/mol. The van der Waals surface area contributed by atoms with Crippen LogP contribution in [0.1, 0.15) is 31.9 Å². The molecular weight excluding hydrogens is 228 g/mol. The average molecular weight is 248 g/mol. The lowest BCUT2D eigenvalue weighted by atomic mass is 10.0. The van der Waals surface area contributed by atoms with Gasteiger partial charge in [0.1, 0.15) is 0 Å². The molecule has 1 aromatic rings. The fraction of sp³-hybridized carbons (Fsp3) is 0.500. The highest BCUT2D eigenvalue weighted by Gasteiger charge is 2.35. The molecule has 1 aliphatic rings. The summed E-state index contributed by atoms with van der Waals surface area (Å²) >= 11 is 0. The van der Waals surface area contributed by atoms with E-state index in [1.165, 1.54) is 0 Å². The van der Waals surface area contributed by atoms with Gasteiger partial charge in [-0.15, -0.1) is 0 Å². The molecule has 0 aromatic heterocycles. The van der Waals surface area contributed by atoms with E-state index in [1.54, 1.807) is 0 Å². The molecule has 1 saturated heterocycles. The second kappa shape index (κ2) is 5.50. The normalized spacial score (nSPS) is 23.2. The zero-order valence-electron chi connectivity index (χ0n) is 10.8. The first-order chi connectivity index (χ1) is 8.63. The van der Waals surface area contributed by atoms with Crippen molar-refractivity contribution < 1.29 is 10.0 Å². The standard InChI is InChI=1S/C14H20N2O2/c1-10(15-18)13-8-14(17)16(9-13)11(2)12-6-4-3-5-7-12/h3-7,10-11,13,15,18H,8-9H2,1-2H3/t10?,11?,13-/m0/s1. The van der Waals surface area contributed by atoms with Crippen molar-refractivity contribution in [2.45, 2.75) is 32.4 Å². The number of nitrogens with zero attached hydrogens (tertiary/aromatic N) is 1. The van der Waals surface area contributed by atoms with Gasteiger partial charge in [0.05, 0.1) is 6.04 Å². The van der Waals surface area contributed by atoms with E-state index in [9.17, 15) is 4.79 Å². The molecule has 1 fully saturated rings. The summed E-state index contributed by atoms with van der Waals surface area (Å²) in [5, 5.41) is 8.94. The number of hydroxylamine groups is 1. The topological polar surface area (TPSA) is 52.6 Å². The molecule has 0 aliphatic carbocycles. The minimum atomic E-state index is -0.0538. The predicted octanol–water partition coefficient (Wildman–Crippen LogP) is 1.96. The Bertz CT molecular complexity index is 408. The van der Waals surface area contributed by atoms with Gasteiger partial charge < -0.3 is 10.1 Å². The SMILES string of the molecule is CC(NO)[C@H]1CC(=O)N(C(C)c2ccccc2)C1. The van der Waals surface area contributed by atoms with Crippen LogP contribution >= 0.6 is 0 Å². The number of carbonyl (C=O) groups is 1. The third kappa shape index (κ3) is 2.54. The first kappa shape index (κ1) is 13.1. The van der Waals surface area contributed by atoms with E-state index < -0.39 is 0 Å². The number of likely N-dealkylation sites (tertiary alicyclic amines) is 1. The van der Waals surface area contributed by atoms with E-state index >= 15 is 0 Å². The lowest BCUT2D eigenvalue weighted by molar-refractivity contribution is -0.129. The minimum absolute atomic E-state index is 0.0538. The van der Waals surface area contributed by atoms with Crippen LogP contribution in [0.3, 0.4) is 0 Å². The van der Waals surface area contributed by atoms with E-state index in [0.29, 0.717) is 13.0 Å². The van der Waals surface area contributed by atoms with Crippen molar-refractivity contribution >= 4 is 5.91 Å². The van der Waals surface area contributed by atoms with Crippen LogP contribution in [0.15, 0.2) is 30.3 Å². The van der Waals surface area contributed by atoms with Crippen LogP contribution in [0.25, 0.3) is 0 Å². The number of amides is 1. The molecule has 1 aromatic carbocycles. The van der Waals surface area contributed by atoms with Gasteiger partial charge in [-0.2, -0.15) is 0 Å². The fourth-order valence-corrected chi connectivity index (χ4v) is 2.49. The summed E-state index contributed by atoms with van der Waals surface area (Å²) in [4.78, 5) is 13.9. The summed E-state index contributed by atoms with van der Waals surface area (Å²) in [6.07, 6.45) is 0.506. The van der Waals surface area contributed by atoms with Crippen LogP contribution in [-0.2, 0) is 4.79 Å². The molecule has 0 radical (unpaired) electrons. The summed E-state index contributed by atoms with van der Waals surface area (Å²) in [5.74, 6) is 0.340. The van der Waals surface area contributed by atoms with Gasteiger partial charge in [0.2, 0.25) is 5.91 Å². The molecule has 0 bridgehead atoms. The molecule has 4 nitrogen and oxygen atoms in total. The largest absolute Gasteiger partial charge is 0.336 e. The molecule has 18 heavy (non-hydrogen) atoms. The van der Waals surface area contributed by atoms with Crippen LogP contribution in [0.4, 0.5) is 0 Å². The maximum Gasteiger partial charge on any atom is 0.223 e.